The van der Waals surface area contributed by atoms with Crippen LogP contribution in [0.4, 0.5) is 5.82 Å². The van der Waals surface area contributed by atoms with Crippen LogP contribution in [0.5, 0.6) is 0 Å². The van der Waals surface area contributed by atoms with Crippen molar-refractivity contribution in [3.63, 3.8) is 0 Å². The number of hydrogen-bond acceptors (Lipinski definition) is 3. The first-order valence-corrected chi connectivity index (χ1v) is 10.6. The third-order valence-electron chi connectivity index (χ3n) is 5.26. The van der Waals surface area contributed by atoms with Gasteiger partial charge in [0.25, 0.3) is 0 Å². The maximum Gasteiger partial charge on any atom is 0.244 e. The van der Waals surface area contributed by atoms with Gasteiger partial charge in [-0.05, 0) is 43.4 Å². The standard InChI is InChI=1S/C21H27BrN4O2/c1-14-20(16-8-10-17(22)11-9-16)21(26(2)25-14)24-19(28)13-23-18(27)12-15-6-4-3-5-7-15/h8-11,15H,3-7,12-13H2,1-2H3,(H,23,27)(H,24,28). The summed E-state index contributed by atoms with van der Waals surface area (Å²) in [5.74, 6) is 0.793. The highest BCUT2D eigenvalue weighted by Crippen LogP contribution is 2.31. The van der Waals surface area contributed by atoms with Gasteiger partial charge in [0.1, 0.15) is 5.82 Å². The SMILES string of the molecule is Cc1nn(C)c(NC(=O)CNC(=O)CC2CCCCC2)c1-c1ccc(Br)cc1. The number of nitrogens with zero attached hydrogens (tertiary/aromatic N) is 2. The van der Waals surface area contributed by atoms with Gasteiger partial charge in [0.2, 0.25) is 11.8 Å². The van der Waals surface area contributed by atoms with Crippen LogP contribution in [-0.2, 0) is 16.6 Å². The summed E-state index contributed by atoms with van der Waals surface area (Å²) in [4.78, 5) is 24.6. The number of halogens is 1. The summed E-state index contributed by atoms with van der Waals surface area (Å²) in [6, 6.07) is 7.88. The molecule has 7 heteroatoms. The Labute approximate surface area is 174 Å². The molecule has 0 bridgehead atoms. The molecule has 1 saturated carbocycles. The molecule has 1 aliphatic rings. The van der Waals surface area contributed by atoms with E-state index >= 15 is 0 Å². The Kier molecular flexibility index (Phi) is 6.88. The fourth-order valence-corrected chi connectivity index (χ4v) is 4.11. The minimum Gasteiger partial charge on any atom is -0.347 e. The second-order valence-corrected chi connectivity index (χ2v) is 8.39. The number of carbonyl (C=O) groups is 2. The summed E-state index contributed by atoms with van der Waals surface area (Å²) in [7, 11) is 1.80. The number of benzene rings is 1. The van der Waals surface area contributed by atoms with Crippen LogP contribution in [0, 0.1) is 12.8 Å². The van der Waals surface area contributed by atoms with Crippen LogP contribution in [0.25, 0.3) is 11.1 Å². The fourth-order valence-electron chi connectivity index (χ4n) is 3.84. The molecule has 1 fully saturated rings. The Morgan fingerprint density at radius 2 is 1.82 bits per heavy atom. The summed E-state index contributed by atoms with van der Waals surface area (Å²) < 4.78 is 2.65. The summed E-state index contributed by atoms with van der Waals surface area (Å²) in [6.07, 6.45) is 6.43. The molecule has 28 heavy (non-hydrogen) atoms. The van der Waals surface area contributed by atoms with E-state index in [-0.39, 0.29) is 18.4 Å². The molecule has 1 heterocycles. The van der Waals surface area contributed by atoms with Crippen molar-refractivity contribution in [2.75, 3.05) is 11.9 Å². The Hall–Kier alpha value is -2.15. The van der Waals surface area contributed by atoms with E-state index in [0.717, 1.165) is 34.1 Å². The fraction of sp³-hybridized carbons (Fsp3) is 0.476. The summed E-state index contributed by atoms with van der Waals surface area (Å²) in [6.45, 7) is 1.88. The van der Waals surface area contributed by atoms with Crippen molar-refractivity contribution >= 4 is 33.6 Å². The topological polar surface area (TPSA) is 76.0 Å². The van der Waals surface area contributed by atoms with Gasteiger partial charge >= 0.3 is 0 Å². The number of aromatic nitrogens is 2. The second-order valence-electron chi connectivity index (χ2n) is 7.47. The zero-order chi connectivity index (χ0) is 20.1. The molecule has 1 aromatic heterocycles. The number of hydrogen-bond donors (Lipinski definition) is 2. The van der Waals surface area contributed by atoms with Crippen molar-refractivity contribution in [3.05, 3.63) is 34.4 Å². The van der Waals surface area contributed by atoms with Gasteiger partial charge in [-0.1, -0.05) is 47.3 Å². The number of rotatable bonds is 6. The first-order valence-electron chi connectivity index (χ1n) is 9.80. The van der Waals surface area contributed by atoms with Crippen molar-refractivity contribution in [1.29, 1.82) is 0 Å². The lowest BCUT2D eigenvalue weighted by atomic mass is 9.87. The van der Waals surface area contributed by atoms with Gasteiger partial charge in [0.05, 0.1) is 12.2 Å². The Morgan fingerprint density at radius 3 is 2.50 bits per heavy atom. The largest absolute Gasteiger partial charge is 0.347 e. The van der Waals surface area contributed by atoms with Crippen molar-refractivity contribution in [2.24, 2.45) is 13.0 Å². The molecule has 0 radical (unpaired) electrons. The Bertz CT molecular complexity index is 839. The van der Waals surface area contributed by atoms with Crippen molar-refractivity contribution in [2.45, 2.75) is 45.4 Å². The van der Waals surface area contributed by atoms with E-state index in [4.69, 9.17) is 0 Å². The van der Waals surface area contributed by atoms with Gasteiger partial charge in [-0.15, -0.1) is 0 Å². The smallest absolute Gasteiger partial charge is 0.244 e. The molecule has 2 N–H and O–H groups in total. The van der Waals surface area contributed by atoms with Crippen LogP contribution in [0.15, 0.2) is 28.7 Å². The zero-order valence-electron chi connectivity index (χ0n) is 16.4. The van der Waals surface area contributed by atoms with E-state index < -0.39 is 0 Å². The van der Waals surface area contributed by atoms with Crippen LogP contribution in [0.1, 0.15) is 44.2 Å². The van der Waals surface area contributed by atoms with E-state index in [0.29, 0.717) is 18.2 Å². The molecule has 0 saturated heterocycles. The molecule has 1 aliphatic carbocycles. The molecular formula is C21H27BrN4O2. The predicted molar refractivity (Wildman–Crippen MR) is 114 cm³/mol. The quantitative estimate of drug-likeness (QED) is 0.698. The highest BCUT2D eigenvalue weighted by atomic mass is 79.9. The van der Waals surface area contributed by atoms with E-state index in [2.05, 4.69) is 31.7 Å². The van der Waals surface area contributed by atoms with Crippen LogP contribution in [0.2, 0.25) is 0 Å². The molecule has 1 aromatic carbocycles. The van der Waals surface area contributed by atoms with Crippen molar-refractivity contribution < 1.29 is 9.59 Å². The van der Waals surface area contributed by atoms with Crippen LogP contribution in [-0.4, -0.2) is 28.1 Å². The lowest BCUT2D eigenvalue weighted by Crippen LogP contribution is -2.34. The van der Waals surface area contributed by atoms with E-state index in [1.807, 2.05) is 31.2 Å². The number of aryl methyl sites for hydroxylation is 2. The normalized spacial score (nSPS) is 14.7. The minimum absolute atomic E-state index is 0.0322. The molecule has 0 spiro atoms. The third kappa shape index (κ3) is 5.22. The van der Waals surface area contributed by atoms with Crippen molar-refractivity contribution in [3.8, 4) is 11.1 Å². The van der Waals surface area contributed by atoms with Crippen molar-refractivity contribution in [1.82, 2.24) is 15.1 Å². The molecule has 0 unspecified atom stereocenters. The molecule has 2 amide bonds. The van der Waals surface area contributed by atoms with Gasteiger partial charge in [-0.25, -0.2) is 0 Å². The van der Waals surface area contributed by atoms with Crippen LogP contribution in [0.3, 0.4) is 0 Å². The van der Waals surface area contributed by atoms with Crippen LogP contribution >= 0.6 is 15.9 Å². The number of amides is 2. The molecule has 2 aromatic rings. The highest BCUT2D eigenvalue weighted by Gasteiger charge is 2.19. The van der Waals surface area contributed by atoms with E-state index in [9.17, 15) is 9.59 Å². The Morgan fingerprint density at radius 1 is 1.14 bits per heavy atom. The first-order chi connectivity index (χ1) is 13.4. The van der Waals surface area contributed by atoms with Crippen LogP contribution < -0.4 is 10.6 Å². The molecule has 0 aliphatic heterocycles. The first kappa shape index (κ1) is 20.6. The van der Waals surface area contributed by atoms with Gasteiger partial charge < -0.3 is 10.6 Å². The summed E-state index contributed by atoms with van der Waals surface area (Å²) in [5, 5.41) is 10.1. The van der Waals surface area contributed by atoms with E-state index in [1.165, 1.54) is 19.3 Å². The maximum absolute atomic E-state index is 12.4. The van der Waals surface area contributed by atoms with E-state index in [1.54, 1.807) is 11.7 Å². The average molecular weight is 447 g/mol. The van der Waals surface area contributed by atoms with Gasteiger partial charge in [0.15, 0.2) is 0 Å². The lowest BCUT2D eigenvalue weighted by Gasteiger charge is -2.20. The predicted octanol–water partition coefficient (Wildman–Crippen LogP) is 4.18. The summed E-state index contributed by atoms with van der Waals surface area (Å²) in [5.41, 5.74) is 2.70. The lowest BCUT2D eigenvalue weighted by molar-refractivity contribution is -0.125. The summed E-state index contributed by atoms with van der Waals surface area (Å²) >= 11 is 3.44. The van der Waals surface area contributed by atoms with Gasteiger partial charge in [-0.3, -0.25) is 14.3 Å². The molecule has 150 valence electrons. The monoisotopic (exact) mass is 446 g/mol. The number of anilines is 1. The molecular weight excluding hydrogens is 420 g/mol. The van der Waals surface area contributed by atoms with Gasteiger partial charge in [-0.2, -0.15) is 5.10 Å². The molecule has 3 rings (SSSR count). The third-order valence-corrected chi connectivity index (χ3v) is 5.79. The molecule has 0 atom stereocenters. The number of nitrogens with one attached hydrogen (secondary N) is 2. The average Bonchev–Trinajstić information content (AvgIpc) is 2.95. The second kappa shape index (κ2) is 9.37. The van der Waals surface area contributed by atoms with Gasteiger partial charge in [0, 0.05) is 23.5 Å². The zero-order valence-corrected chi connectivity index (χ0v) is 18.0. The minimum atomic E-state index is -0.252. The molecule has 6 nitrogen and oxygen atoms in total. The Balaban J connectivity index is 1.61. The maximum atomic E-state index is 12.4. The number of carbonyl (C=O) groups excluding carboxylic acids is 2. The highest BCUT2D eigenvalue weighted by molar-refractivity contribution is 9.10.